The van der Waals surface area contributed by atoms with Crippen LogP contribution in [0.3, 0.4) is 0 Å². The van der Waals surface area contributed by atoms with Gasteiger partial charge in [-0.15, -0.1) is 0 Å². The molecule has 0 aliphatic carbocycles. The van der Waals surface area contributed by atoms with Crippen molar-refractivity contribution in [1.82, 2.24) is 19.6 Å². The molecule has 3 aromatic rings. The third kappa shape index (κ3) is 3.72. The summed E-state index contributed by atoms with van der Waals surface area (Å²) in [4.78, 5) is 12.1. The zero-order valence-corrected chi connectivity index (χ0v) is 13.7. The van der Waals surface area contributed by atoms with Crippen molar-refractivity contribution in [2.45, 2.75) is 6.54 Å². The molecule has 0 spiro atoms. The van der Waals surface area contributed by atoms with Gasteiger partial charge in [0.2, 0.25) is 0 Å². The van der Waals surface area contributed by atoms with Crippen molar-refractivity contribution >= 4 is 34.9 Å². The van der Waals surface area contributed by atoms with Crippen molar-refractivity contribution in [2.24, 2.45) is 7.05 Å². The lowest BCUT2D eigenvalue weighted by Crippen LogP contribution is -2.14. The van der Waals surface area contributed by atoms with Gasteiger partial charge in [-0.1, -0.05) is 35.3 Å². The second-order valence-corrected chi connectivity index (χ2v) is 5.82. The monoisotopic (exact) mass is 349 g/mol. The van der Waals surface area contributed by atoms with E-state index in [0.717, 1.165) is 5.56 Å². The molecule has 3 rings (SSSR count). The van der Waals surface area contributed by atoms with Crippen molar-refractivity contribution in [3.63, 3.8) is 0 Å². The molecule has 6 nitrogen and oxygen atoms in total. The van der Waals surface area contributed by atoms with Crippen LogP contribution in [0.15, 0.2) is 42.7 Å². The highest BCUT2D eigenvalue weighted by Crippen LogP contribution is 2.15. The second-order valence-electron chi connectivity index (χ2n) is 4.98. The number of halogens is 2. The van der Waals surface area contributed by atoms with Gasteiger partial charge in [0.15, 0.2) is 11.5 Å². The molecule has 8 heteroatoms. The third-order valence-corrected chi connectivity index (χ3v) is 3.67. The highest BCUT2D eigenvalue weighted by atomic mass is 35.5. The Balaban J connectivity index is 1.68. The maximum atomic E-state index is 12.1. The van der Waals surface area contributed by atoms with Crippen LogP contribution in [0.2, 0.25) is 10.0 Å². The molecule has 0 aliphatic heterocycles. The number of hydrogen-bond donors (Lipinski definition) is 1. The third-order valence-electron chi connectivity index (χ3n) is 3.14. The summed E-state index contributed by atoms with van der Waals surface area (Å²) >= 11 is 11.8. The van der Waals surface area contributed by atoms with E-state index in [4.69, 9.17) is 23.2 Å². The molecule has 2 aromatic heterocycles. The van der Waals surface area contributed by atoms with Crippen molar-refractivity contribution in [2.75, 3.05) is 5.32 Å². The Hall–Kier alpha value is -2.31. The fourth-order valence-corrected chi connectivity index (χ4v) is 2.47. The highest BCUT2D eigenvalue weighted by Gasteiger charge is 2.15. The normalized spacial score (nSPS) is 10.7. The first kappa shape index (κ1) is 15.6. The summed E-state index contributed by atoms with van der Waals surface area (Å²) in [6.07, 6.45) is 3.35. The van der Waals surface area contributed by atoms with Crippen LogP contribution in [-0.4, -0.2) is 25.5 Å². The zero-order valence-electron chi connectivity index (χ0n) is 12.2. The Kier molecular flexibility index (Phi) is 4.36. The lowest BCUT2D eigenvalue weighted by Gasteiger charge is -2.02. The van der Waals surface area contributed by atoms with E-state index < -0.39 is 5.91 Å². The first-order chi connectivity index (χ1) is 11.0. The number of amides is 1. The van der Waals surface area contributed by atoms with Crippen LogP contribution in [-0.2, 0) is 13.6 Å². The van der Waals surface area contributed by atoms with Crippen LogP contribution in [0.1, 0.15) is 16.1 Å². The Morgan fingerprint density at radius 2 is 1.91 bits per heavy atom. The maximum Gasteiger partial charge on any atom is 0.278 e. The lowest BCUT2D eigenvalue weighted by molar-refractivity contribution is 0.102. The average molecular weight is 350 g/mol. The van der Waals surface area contributed by atoms with Gasteiger partial charge in [-0.2, -0.15) is 10.2 Å². The number of rotatable bonds is 4. The van der Waals surface area contributed by atoms with Crippen LogP contribution in [0.5, 0.6) is 0 Å². The molecule has 23 heavy (non-hydrogen) atoms. The minimum Gasteiger partial charge on any atom is -0.304 e. The molecule has 2 heterocycles. The first-order valence-corrected chi connectivity index (χ1v) is 7.55. The number of carbonyl (C=O) groups excluding carboxylic acids is 1. The SMILES string of the molecule is Cn1cc(Cl)c(C(=O)Nc2ccn(Cc3ccc(Cl)cc3)n2)n1. The van der Waals surface area contributed by atoms with Crippen LogP contribution in [0, 0.1) is 0 Å². The van der Waals surface area contributed by atoms with Gasteiger partial charge in [-0.25, -0.2) is 0 Å². The Labute approximate surface area is 142 Å². The van der Waals surface area contributed by atoms with E-state index in [2.05, 4.69) is 15.5 Å². The molecule has 0 bridgehead atoms. The molecular formula is C15H13Cl2N5O. The predicted octanol–water partition coefficient (Wildman–Crippen LogP) is 3.22. The summed E-state index contributed by atoms with van der Waals surface area (Å²) in [6.45, 7) is 0.581. The van der Waals surface area contributed by atoms with Gasteiger partial charge in [-0.3, -0.25) is 14.2 Å². The molecule has 118 valence electrons. The number of carbonyl (C=O) groups is 1. The van der Waals surface area contributed by atoms with E-state index in [-0.39, 0.29) is 5.69 Å². The van der Waals surface area contributed by atoms with E-state index in [9.17, 15) is 4.79 Å². The van der Waals surface area contributed by atoms with Crippen molar-refractivity contribution in [3.8, 4) is 0 Å². The van der Waals surface area contributed by atoms with Gasteiger partial charge in [-0.05, 0) is 17.7 Å². The van der Waals surface area contributed by atoms with Gasteiger partial charge in [0, 0.05) is 30.5 Å². The quantitative estimate of drug-likeness (QED) is 0.786. The summed E-state index contributed by atoms with van der Waals surface area (Å²) in [5.41, 5.74) is 1.23. The van der Waals surface area contributed by atoms with Gasteiger partial charge in [0.1, 0.15) is 0 Å². The number of benzene rings is 1. The number of anilines is 1. The standard InChI is InChI=1S/C15H13Cl2N5O/c1-21-9-12(17)14(20-21)15(23)18-13-6-7-22(19-13)8-10-2-4-11(16)5-3-10/h2-7,9H,8H2,1H3,(H,18,19,23). The summed E-state index contributed by atoms with van der Waals surface area (Å²) in [5, 5.41) is 12.0. The minimum atomic E-state index is -0.396. The molecule has 0 atom stereocenters. The van der Waals surface area contributed by atoms with E-state index in [1.54, 1.807) is 30.2 Å². The van der Waals surface area contributed by atoms with E-state index in [1.165, 1.54) is 4.68 Å². The lowest BCUT2D eigenvalue weighted by atomic mass is 10.2. The first-order valence-electron chi connectivity index (χ1n) is 6.79. The molecule has 1 aromatic carbocycles. The number of hydrogen-bond acceptors (Lipinski definition) is 3. The largest absolute Gasteiger partial charge is 0.304 e. The summed E-state index contributed by atoms with van der Waals surface area (Å²) in [7, 11) is 1.70. The number of nitrogens with zero attached hydrogens (tertiary/aromatic N) is 4. The number of aryl methyl sites for hydroxylation is 1. The molecule has 0 unspecified atom stereocenters. The average Bonchev–Trinajstić information content (AvgIpc) is 3.07. The summed E-state index contributed by atoms with van der Waals surface area (Å²) in [6, 6.07) is 9.22. The van der Waals surface area contributed by atoms with Crippen LogP contribution in [0.25, 0.3) is 0 Å². The Morgan fingerprint density at radius 3 is 2.57 bits per heavy atom. The molecule has 0 saturated heterocycles. The van der Waals surface area contributed by atoms with Crippen molar-refractivity contribution in [3.05, 3.63) is 64.0 Å². The molecular weight excluding hydrogens is 337 g/mol. The highest BCUT2D eigenvalue weighted by molar-refractivity contribution is 6.34. The van der Waals surface area contributed by atoms with Gasteiger partial charge in [0.25, 0.3) is 5.91 Å². The van der Waals surface area contributed by atoms with Crippen molar-refractivity contribution < 1.29 is 4.79 Å². The Morgan fingerprint density at radius 1 is 1.17 bits per heavy atom. The maximum absolute atomic E-state index is 12.1. The number of aromatic nitrogens is 4. The summed E-state index contributed by atoms with van der Waals surface area (Å²) < 4.78 is 3.20. The zero-order chi connectivity index (χ0) is 16.4. The van der Waals surface area contributed by atoms with Gasteiger partial charge in [0.05, 0.1) is 11.6 Å². The van der Waals surface area contributed by atoms with Crippen LogP contribution in [0.4, 0.5) is 5.82 Å². The fraction of sp³-hybridized carbons (Fsp3) is 0.133. The van der Waals surface area contributed by atoms with Crippen molar-refractivity contribution in [1.29, 1.82) is 0 Å². The molecule has 1 amide bonds. The molecule has 0 saturated carbocycles. The number of nitrogens with one attached hydrogen (secondary N) is 1. The van der Waals surface area contributed by atoms with Crippen LogP contribution < -0.4 is 5.32 Å². The summed E-state index contributed by atoms with van der Waals surface area (Å²) in [5.74, 6) is 0.0398. The Bertz CT molecular complexity index is 838. The fourth-order valence-electron chi connectivity index (χ4n) is 2.08. The minimum absolute atomic E-state index is 0.168. The van der Waals surface area contributed by atoms with Gasteiger partial charge >= 0.3 is 0 Å². The molecule has 0 radical (unpaired) electrons. The van der Waals surface area contributed by atoms with Crippen LogP contribution >= 0.6 is 23.2 Å². The predicted molar refractivity (Wildman–Crippen MR) is 89.0 cm³/mol. The molecule has 0 aliphatic rings. The molecule has 1 N–H and O–H groups in total. The smallest absolute Gasteiger partial charge is 0.278 e. The van der Waals surface area contributed by atoms with E-state index >= 15 is 0 Å². The van der Waals surface area contributed by atoms with E-state index in [1.807, 2.05) is 24.3 Å². The second kappa shape index (κ2) is 6.44. The van der Waals surface area contributed by atoms with E-state index in [0.29, 0.717) is 22.4 Å². The molecule has 0 fully saturated rings. The van der Waals surface area contributed by atoms with Gasteiger partial charge < -0.3 is 5.32 Å². The topological polar surface area (TPSA) is 64.7 Å².